The van der Waals surface area contributed by atoms with Gasteiger partial charge >= 0.3 is 0 Å². The van der Waals surface area contributed by atoms with Crippen LogP contribution in [0.2, 0.25) is 0 Å². The molecule has 0 unspecified atom stereocenters. The van der Waals surface area contributed by atoms with Gasteiger partial charge in [0.2, 0.25) is 0 Å². The third-order valence-electron chi connectivity index (χ3n) is 1.80. The fraction of sp³-hybridized carbons (Fsp3) is 0.222. The SMILES string of the molecule is c1cnnc(CNCc2cnc[nH]2)c1. The predicted molar refractivity (Wildman–Crippen MR) is 51.2 cm³/mol. The first-order valence-electron chi connectivity index (χ1n) is 4.40. The van der Waals surface area contributed by atoms with Gasteiger partial charge in [0, 0.05) is 31.2 Å². The molecule has 0 aromatic carbocycles. The Hall–Kier alpha value is -1.75. The molecular formula is C9H11N5. The first-order chi connectivity index (χ1) is 6.95. The van der Waals surface area contributed by atoms with Gasteiger partial charge in [0.15, 0.2) is 0 Å². The molecule has 5 heteroatoms. The summed E-state index contributed by atoms with van der Waals surface area (Å²) in [4.78, 5) is 6.94. The third kappa shape index (κ3) is 2.37. The minimum atomic E-state index is 0.715. The maximum absolute atomic E-state index is 3.96. The van der Waals surface area contributed by atoms with Crippen molar-refractivity contribution >= 4 is 0 Å². The van der Waals surface area contributed by atoms with Crippen molar-refractivity contribution < 1.29 is 0 Å². The zero-order valence-corrected chi connectivity index (χ0v) is 7.64. The van der Waals surface area contributed by atoms with E-state index in [-0.39, 0.29) is 0 Å². The maximum Gasteiger partial charge on any atom is 0.0922 e. The zero-order valence-electron chi connectivity index (χ0n) is 7.64. The lowest BCUT2D eigenvalue weighted by Gasteiger charge is -2.00. The molecule has 0 saturated heterocycles. The Bertz CT molecular complexity index is 356. The minimum absolute atomic E-state index is 0.715. The van der Waals surface area contributed by atoms with Gasteiger partial charge in [-0.2, -0.15) is 10.2 Å². The van der Waals surface area contributed by atoms with Crippen LogP contribution in [-0.2, 0) is 13.1 Å². The Morgan fingerprint density at radius 1 is 1.36 bits per heavy atom. The van der Waals surface area contributed by atoms with E-state index in [1.807, 2.05) is 12.1 Å². The van der Waals surface area contributed by atoms with Crippen LogP contribution in [0.1, 0.15) is 11.4 Å². The zero-order chi connectivity index (χ0) is 9.64. The largest absolute Gasteiger partial charge is 0.347 e. The van der Waals surface area contributed by atoms with E-state index in [0.717, 1.165) is 17.9 Å². The lowest BCUT2D eigenvalue weighted by Crippen LogP contribution is -2.14. The van der Waals surface area contributed by atoms with Gasteiger partial charge in [0.05, 0.1) is 12.0 Å². The van der Waals surface area contributed by atoms with E-state index in [4.69, 9.17) is 0 Å². The molecule has 2 rings (SSSR count). The van der Waals surface area contributed by atoms with Gasteiger partial charge in [-0.05, 0) is 12.1 Å². The summed E-state index contributed by atoms with van der Waals surface area (Å²) in [5.74, 6) is 0. The second-order valence-electron chi connectivity index (χ2n) is 2.90. The third-order valence-corrected chi connectivity index (χ3v) is 1.80. The molecule has 72 valence electrons. The number of hydrogen-bond donors (Lipinski definition) is 2. The highest BCUT2D eigenvalue weighted by atomic mass is 15.1. The Morgan fingerprint density at radius 3 is 3.07 bits per heavy atom. The van der Waals surface area contributed by atoms with Gasteiger partial charge in [0.25, 0.3) is 0 Å². The molecule has 5 nitrogen and oxygen atoms in total. The first kappa shape index (κ1) is 8.83. The van der Waals surface area contributed by atoms with E-state index in [1.54, 1.807) is 18.7 Å². The fourth-order valence-corrected chi connectivity index (χ4v) is 1.13. The summed E-state index contributed by atoms with van der Waals surface area (Å²) in [6.45, 7) is 1.48. The van der Waals surface area contributed by atoms with Crippen LogP contribution in [0.15, 0.2) is 30.9 Å². The molecule has 2 aromatic rings. The van der Waals surface area contributed by atoms with Crippen LogP contribution in [0.4, 0.5) is 0 Å². The molecule has 0 atom stereocenters. The number of rotatable bonds is 4. The fourth-order valence-electron chi connectivity index (χ4n) is 1.13. The summed E-state index contributed by atoms with van der Waals surface area (Å²) in [5.41, 5.74) is 2.00. The van der Waals surface area contributed by atoms with E-state index >= 15 is 0 Å². The number of H-pyrrole nitrogens is 1. The number of nitrogens with one attached hydrogen (secondary N) is 2. The minimum Gasteiger partial charge on any atom is -0.347 e. The highest BCUT2D eigenvalue weighted by Gasteiger charge is 1.94. The molecular weight excluding hydrogens is 178 g/mol. The van der Waals surface area contributed by atoms with Crippen molar-refractivity contribution in [3.8, 4) is 0 Å². The quantitative estimate of drug-likeness (QED) is 0.734. The van der Waals surface area contributed by atoms with Crippen LogP contribution < -0.4 is 5.32 Å². The second kappa shape index (κ2) is 4.48. The molecule has 0 spiro atoms. The molecule has 0 aliphatic rings. The Morgan fingerprint density at radius 2 is 2.36 bits per heavy atom. The molecule has 0 bridgehead atoms. The van der Waals surface area contributed by atoms with Gasteiger partial charge in [-0.25, -0.2) is 4.98 Å². The molecule has 14 heavy (non-hydrogen) atoms. The number of nitrogens with zero attached hydrogens (tertiary/aromatic N) is 3. The van der Waals surface area contributed by atoms with Crippen LogP contribution in [-0.4, -0.2) is 20.2 Å². The highest BCUT2D eigenvalue weighted by Crippen LogP contribution is 1.93. The van der Waals surface area contributed by atoms with Crippen LogP contribution in [0.25, 0.3) is 0 Å². The van der Waals surface area contributed by atoms with Crippen molar-refractivity contribution in [2.45, 2.75) is 13.1 Å². The average Bonchev–Trinajstić information content (AvgIpc) is 2.72. The van der Waals surface area contributed by atoms with Gasteiger partial charge in [0.1, 0.15) is 0 Å². The van der Waals surface area contributed by atoms with E-state index in [9.17, 15) is 0 Å². The average molecular weight is 189 g/mol. The molecule has 0 fully saturated rings. The lowest BCUT2D eigenvalue weighted by atomic mass is 10.4. The van der Waals surface area contributed by atoms with E-state index < -0.39 is 0 Å². The van der Waals surface area contributed by atoms with Gasteiger partial charge < -0.3 is 10.3 Å². The Labute approximate surface area is 81.6 Å². The first-order valence-corrected chi connectivity index (χ1v) is 4.40. The van der Waals surface area contributed by atoms with E-state index in [2.05, 4.69) is 25.5 Å². The monoisotopic (exact) mass is 189 g/mol. The van der Waals surface area contributed by atoms with Gasteiger partial charge in [-0.1, -0.05) is 0 Å². The van der Waals surface area contributed by atoms with Gasteiger partial charge in [-0.3, -0.25) is 0 Å². The summed E-state index contributed by atoms with van der Waals surface area (Å²) in [6.07, 6.45) is 5.13. The summed E-state index contributed by atoms with van der Waals surface area (Å²) in [7, 11) is 0. The van der Waals surface area contributed by atoms with Crippen LogP contribution in [0.5, 0.6) is 0 Å². The summed E-state index contributed by atoms with van der Waals surface area (Å²) in [5, 5.41) is 11.0. The predicted octanol–water partition coefficient (Wildman–Crippen LogP) is 0.489. The lowest BCUT2D eigenvalue weighted by molar-refractivity contribution is 0.661. The summed E-state index contributed by atoms with van der Waals surface area (Å²) < 4.78 is 0. The molecule has 0 amide bonds. The van der Waals surface area contributed by atoms with Crippen molar-refractivity contribution in [3.63, 3.8) is 0 Å². The molecule has 2 N–H and O–H groups in total. The summed E-state index contributed by atoms with van der Waals surface area (Å²) >= 11 is 0. The topological polar surface area (TPSA) is 66.5 Å². The Balaban J connectivity index is 1.79. The number of aromatic nitrogens is 4. The van der Waals surface area contributed by atoms with Crippen molar-refractivity contribution in [1.82, 2.24) is 25.5 Å². The molecule has 0 aliphatic heterocycles. The van der Waals surface area contributed by atoms with Crippen molar-refractivity contribution in [2.24, 2.45) is 0 Å². The maximum atomic E-state index is 3.96. The smallest absolute Gasteiger partial charge is 0.0922 e. The van der Waals surface area contributed by atoms with Gasteiger partial charge in [-0.15, -0.1) is 0 Å². The van der Waals surface area contributed by atoms with Crippen molar-refractivity contribution in [1.29, 1.82) is 0 Å². The molecule has 0 radical (unpaired) electrons. The van der Waals surface area contributed by atoms with Crippen molar-refractivity contribution in [2.75, 3.05) is 0 Å². The molecule has 0 aliphatic carbocycles. The molecule has 2 heterocycles. The van der Waals surface area contributed by atoms with Crippen LogP contribution in [0, 0.1) is 0 Å². The normalized spacial score (nSPS) is 10.3. The second-order valence-corrected chi connectivity index (χ2v) is 2.90. The van der Waals surface area contributed by atoms with E-state index in [1.165, 1.54) is 0 Å². The van der Waals surface area contributed by atoms with Crippen LogP contribution in [0.3, 0.4) is 0 Å². The number of imidazole rings is 1. The number of hydrogen-bond acceptors (Lipinski definition) is 4. The standard InChI is InChI=1S/C9H11N5/c1-2-8(14-13-3-1)4-10-5-9-6-11-7-12-9/h1-3,6-7,10H,4-5H2,(H,11,12). The summed E-state index contributed by atoms with van der Waals surface area (Å²) in [6, 6.07) is 3.81. The Kier molecular flexibility index (Phi) is 2.82. The highest BCUT2D eigenvalue weighted by molar-refractivity contribution is 4.99. The van der Waals surface area contributed by atoms with E-state index in [0.29, 0.717) is 6.54 Å². The van der Waals surface area contributed by atoms with Crippen LogP contribution >= 0.6 is 0 Å². The van der Waals surface area contributed by atoms with Crippen molar-refractivity contribution in [3.05, 3.63) is 42.2 Å². The molecule has 0 saturated carbocycles. The molecule has 2 aromatic heterocycles. The number of aromatic amines is 1.